The average Bonchev–Trinajstić information content (AvgIpc) is 2.56. The van der Waals surface area contributed by atoms with Gasteiger partial charge in [0.15, 0.2) is 11.2 Å². The standard InChI is InChI=1S/C16H16N2O5S/c1-9(15(21)22)23-11-6-4-10(5-7-11)8-12-13(19)17(2)16(24)18(3)14(12)20/h4-9H,1-3H3,(H,21,22)/t9-/m0/s1. The topological polar surface area (TPSA) is 87.2 Å². The van der Waals surface area contributed by atoms with Crippen LogP contribution in [0, 0.1) is 0 Å². The first kappa shape index (κ1) is 17.6. The number of amides is 2. The third kappa shape index (κ3) is 3.43. The van der Waals surface area contributed by atoms with Gasteiger partial charge in [0, 0.05) is 14.1 Å². The van der Waals surface area contributed by atoms with Crippen LogP contribution in [0.3, 0.4) is 0 Å². The van der Waals surface area contributed by atoms with Gasteiger partial charge < -0.3 is 9.84 Å². The summed E-state index contributed by atoms with van der Waals surface area (Å²) >= 11 is 5.02. The second kappa shape index (κ2) is 6.79. The molecular formula is C16H16N2O5S. The maximum Gasteiger partial charge on any atom is 0.344 e. The van der Waals surface area contributed by atoms with E-state index in [2.05, 4.69) is 0 Å². The lowest BCUT2D eigenvalue weighted by atomic mass is 10.1. The van der Waals surface area contributed by atoms with Crippen molar-refractivity contribution < 1.29 is 24.2 Å². The number of aliphatic carboxylic acids is 1. The van der Waals surface area contributed by atoms with Crippen molar-refractivity contribution in [3.05, 3.63) is 35.4 Å². The van der Waals surface area contributed by atoms with Crippen LogP contribution >= 0.6 is 12.2 Å². The highest BCUT2D eigenvalue weighted by Crippen LogP contribution is 2.20. The van der Waals surface area contributed by atoms with E-state index in [9.17, 15) is 14.4 Å². The molecule has 1 atom stereocenters. The molecule has 1 aliphatic heterocycles. The largest absolute Gasteiger partial charge is 0.479 e. The lowest BCUT2D eigenvalue weighted by molar-refractivity contribution is -0.144. The van der Waals surface area contributed by atoms with E-state index in [4.69, 9.17) is 22.1 Å². The molecule has 126 valence electrons. The lowest BCUT2D eigenvalue weighted by Crippen LogP contribution is -2.52. The van der Waals surface area contributed by atoms with E-state index in [0.717, 1.165) is 0 Å². The molecule has 7 nitrogen and oxygen atoms in total. The van der Waals surface area contributed by atoms with E-state index < -0.39 is 23.9 Å². The summed E-state index contributed by atoms with van der Waals surface area (Å²) in [5.74, 6) is -1.63. The van der Waals surface area contributed by atoms with Crippen molar-refractivity contribution >= 4 is 41.2 Å². The Balaban J connectivity index is 2.24. The van der Waals surface area contributed by atoms with Crippen LogP contribution in [-0.2, 0) is 14.4 Å². The molecule has 24 heavy (non-hydrogen) atoms. The summed E-state index contributed by atoms with van der Waals surface area (Å²) in [7, 11) is 3.01. The monoisotopic (exact) mass is 348 g/mol. The number of benzene rings is 1. The zero-order chi connectivity index (χ0) is 18.0. The molecule has 0 aliphatic carbocycles. The Morgan fingerprint density at radius 3 is 2.12 bits per heavy atom. The minimum Gasteiger partial charge on any atom is -0.479 e. The number of carbonyl (C=O) groups is 3. The molecule has 0 saturated carbocycles. The molecule has 0 radical (unpaired) electrons. The lowest BCUT2D eigenvalue weighted by Gasteiger charge is -2.31. The average molecular weight is 348 g/mol. The molecule has 0 aromatic heterocycles. The summed E-state index contributed by atoms with van der Waals surface area (Å²) in [6.45, 7) is 1.42. The van der Waals surface area contributed by atoms with Crippen molar-refractivity contribution in [2.45, 2.75) is 13.0 Å². The number of carboxylic acids is 1. The molecule has 0 spiro atoms. The predicted octanol–water partition coefficient (Wildman–Crippen LogP) is 1.14. The third-order valence-electron chi connectivity index (χ3n) is 3.50. The zero-order valence-corrected chi connectivity index (χ0v) is 14.2. The number of hydrogen-bond donors (Lipinski definition) is 1. The summed E-state index contributed by atoms with van der Waals surface area (Å²) in [5, 5.41) is 8.96. The smallest absolute Gasteiger partial charge is 0.344 e. The van der Waals surface area contributed by atoms with E-state index >= 15 is 0 Å². The van der Waals surface area contributed by atoms with Gasteiger partial charge in [0.05, 0.1) is 0 Å². The van der Waals surface area contributed by atoms with Crippen molar-refractivity contribution in [1.29, 1.82) is 0 Å². The molecule has 0 unspecified atom stereocenters. The van der Waals surface area contributed by atoms with Crippen LogP contribution in [0.2, 0.25) is 0 Å². The van der Waals surface area contributed by atoms with Crippen molar-refractivity contribution in [3.63, 3.8) is 0 Å². The fourth-order valence-corrected chi connectivity index (χ4v) is 2.20. The fourth-order valence-electron chi connectivity index (χ4n) is 2.04. The number of thiocarbonyl (C=S) groups is 1. The summed E-state index contributed by atoms with van der Waals surface area (Å²) in [5.41, 5.74) is 0.609. The Morgan fingerprint density at radius 1 is 1.17 bits per heavy atom. The number of rotatable bonds is 4. The molecule has 1 aromatic carbocycles. The molecule has 2 amide bonds. The van der Waals surface area contributed by atoms with Crippen molar-refractivity contribution in [2.24, 2.45) is 0 Å². The summed E-state index contributed by atoms with van der Waals surface area (Å²) < 4.78 is 5.22. The molecule has 8 heteroatoms. The summed E-state index contributed by atoms with van der Waals surface area (Å²) in [6.07, 6.45) is 0.489. The second-order valence-electron chi connectivity index (χ2n) is 5.24. The van der Waals surface area contributed by atoms with Gasteiger partial charge in [-0.05, 0) is 42.9 Å². The van der Waals surface area contributed by atoms with Gasteiger partial charge >= 0.3 is 5.97 Å². The molecule has 1 saturated heterocycles. The van der Waals surface area contributed by atoms with Crippen LogP contribution in [0.4, 0.5) is 0 Å². The Morgan fingerprint density at radius 2 is 1.67 bits per heavy atom. The quantitative estimate of drug-likeness (QED) is 0.499. The SMILES string of the molecule is C[C@H](Oc1ccc(C=C2C(=O)N(C)C(=S)N(C)C2=O)cc1)C(=O)O. The summed E-state index contributed by atoms with van der Waals surface area (Å²) in [6, 6.07) is 6.40. The number of carbonyl (C=O) groups excluding carboxylic acids is 2. The number of ether oxygens (including phenoxy) is 1. The maximum absolute atomic E-state index is 12.2. The van der Waals surface area contributed by atoms with Crippen LogP contribution in [0.25, 0.3) is 6.08 Å². The van der Waals surface area contributed by atoms with E-state index in [1.54, 1.807) is 24.3 Å². The van der Waals surface area contributed by atoms with Crippen LogP contribution < -0.4 is 4.74 Å². The zero-order valence-electron chi connectivity index (χ0n) is 13.3. The first-order valence-corrected chi connectivity index (χ1v) is 7.44. The van der Waals surface area contributed by atoms with Crippen LogP contribution in [0.5, 0.6) is 5.75 Å². The molecule has 0 bridgehead atoms. The minimum absolute atomic E-state index is 0.00109. The molecule has 1 fully saturated rings. The van der Waals surface area contributed by atoms with Crippen molar-refractivity contribution in [1.82, 2.24) is 9.80 Å². The van der Waals surface area contributed by atoms with Gasteiger partial charge in [-0.3, -0.25) is 19.4 Å². The van der Waals surface area contributed by atoms with E-state index in [1.165, 1.54) is 36.9 Å². The van der Waals surface area contributed by atoms with Gasteiger partial charge in [0.1, 0.15) is 11.3 Å². The molecule has 1 aromatic rings. The summed E-state index contributed by atoms with van der Waals surface area (Å²) in [4.78, 5) is 37.7. The Kier molecular flexibility index (Phi) is 4.99. The second-order valence-corrected chi connectivity index (χ2v) is 5.60. The Hall–Kier alpha value is -2.74. The first-order valence-electron chi connectivity index (χ1n) is 7.03. The molecule has 2 rings (SSSR count). The molecule has 1 aliphatic rings. The predicted molar refractivity (Wildman–Crippen MR) is 90.3 cm³/mol. The normalized spacial score (nSPS) is 16.3. The molecule has 1 N–H and O–H groups in total. The highest BCUT2D eigenvalue weighted by molar-refractivity contribution is 7.80. The van der Waals surface area contributed by atoms with Gasteiger partial charge in [-0.15, -0.1) is 0 Å². The van der Waals surface area contributed by atoms with Gasteiger partial charge in [-0.2, -0.15) is 0 Å². The van der Waals surface area contributed by atoms with Crippen LogP contribution in [-0.4, -0.2) is 58.0 Å². The van der Waals surface area contributed by atoms with Gasteiger partial charge in [-0.25, -0.2) is 4.79 Å². The van der Waals surface area contributed by atoms with Gasteiger partial charge in [-0.1, -0.05) is 12.1 Å². The first-order chi connectivity index (χ1) is 11.2. The van der Waals surface area contributed by atoms with E-state index in [0.29, 0.717) is 11.3 Å². The van der Waals surface area contributed by atoms with Crippen molar-refractivity contribution in [3.8, 4) is 5.75 Å². The highest BCUT2D eigenvalue weighted by Gasteiger charge is 2.35. The number of hydrogen-bond acceptors (Lipinski definition) is 5. The van der Waals surface area contributed by atoms with E-state index in [1.807, 2.05) is 0 Å². The van der Waals surface area contributed by atoms with Crippen LogP contribution in [0.1, 0.15) is 12.5 Å². The minimum atomic E-state index is -1.07. The number of carboxylic acid groups (broad SMARTS) is 1. The van der Waals surface area contributed by atoms with Crippen LogP contribution in [0.15, 0.2) is 29.8 Å². The van der Waals surface area contributed by atoms with Gasteiger partial charge in [0.2, 0.25) is 0 Å². The highest BCUT2D eigenvalue weighted by atomic mass is 32.1. The number of nitrogens with zero attached hydrogens (tertiary/aromatic N) is 2. The Labute approximate surface area is 144 Å². The van der Waals surface area contributed by atoms with Crippen molar-refractivity contribution in [2.75, 3.05) is 14.1 Å². The van der Waals surface area contributed by atoms with E-state index in [-0.39, 0.29) is 10.7 Å². The Bertz CT molecular complexity index is 715. The third-order valence-corrected chi connectivity index (χ3v) is 4.04. The van der Waals surface area contributed by atoms with Gasteiger partial charge in [0.25, 0.3) is 11.8 Å². The molecule has 1 heterocycles. The molecular weight excluding hydrogens is 332 g/mol. The number of likely N-dealkylation sites (N-methyl/N-ethyl adjacent to an activating group) is 2. The maximum atomic E-state index is 12.2. The fraction of sp³-hybridized carbons (Fsp3) is 0.250.